The average molecular weight is 287 g/mol. The van der Waals surface area contributed by atoms with Crippen LogP contribution in [-0.2, 0) is 16.6 Å². The van der Waals surface area contributed by atoms with Gasteiger partial charge in [0.25, 0.3) is 0 Å². The van der Waals surface area contributed by atoms with Crippen LogP contribution in [0.4, 0.5) is 4.39 Å². The minimum atomic E-state index is -3.86. The first-order valence-corrected chi connectivity index (χ1v) is 7.69. The van der Waals surface area contributed by atoms with Crippen molar-refractivity contribution in [2.45, 2.75) is 37.3 Å². The molecule has 2 rings (SSSR count). The van der Waals surface area contributed by atoms with E-state index in [0.717, 1.165) is 18.9 Å². The third kappa shape index (κ3) is 2.80. The van der Waals surface area contributed by atoms with Gasteiger partial charge in [-0.05, 0) is 43.4 Å². The highest BCUT2D eigenvalue weighted by Crippen LogP contribution is 2.36. The van der Waals surface area contributed by atoms with Crippen LogP contribution in [0.2, 0.25) is 0 Å². The Balaban J connectivity index is 2.37. The first kappa shape index (κ1) is 14.4. The molecule has 1 atom stereocenters. The summed E-state index contributed by atoms with van der Waals surface area (Å²) in [5.74, 6) is -0.420. The third-order valence-corrected chi connectivity index (χ3v) is 5.67. The van der Waals surface area contributed by atoms with Crippen LogP contribution in [0.5, 0.6) is 0 Å². The van der Waals surface area contributed by atoms with Crippen LogP contribution in [0.1, 0.15) is 25.3 Å². The van der Waals surface area contributed by atoms with Crippen LogP contribution >= 0.6 is 0 Å². The molecular weight excluding hydrogens is 269 g/mol. The lowest BCUT2D eigenvalue weighted by Crippen LogP contribution is -2.36. The van der Waals surface area contributed by atoms with Crippen molar-refractivity contribution < 1.29 is 17.9 Å². The van der Waals surface area contributed by atoms with Gasteiger partial charge in [0, 0.05) is 13.1 Å². The molecule has 0 amide bonds. The van der Waals surface area contributed by atoms with E-state index in [4.69, 9.17) is 5.11 Å². The smallest absolute Gasteiger partial charge is 0.245 e. The maximum atomic E-state index is 13.8. The fourth-order valence-corrected chi connectivity index (χ4v) is 3.63. The van der Waals surface area contributed by atoms with Crippen molar-refractivity contribution in [3.05, 3.63) is 29.6 Å². The zero-order valence-corrected chi connectivity index (χ0v) is 11.8. The Morgan fingerprint density at radius 3 is 2.63 bits per heavy atom. The van der Waals surface area contributed by atoms with E-state index in [9.17, 15) is 12.8 Å². The summed E-state index contributed by atoms with van der Waals surface area (Å²) >= 11 is 0. The fourth-order valence-electron chi connectivity index (χ4n) is 2.09. The van der Waals surface area contributed by atoms with E-state index in [1.54, 1.807) is 0 Å². The fraction of sp³-hybridized carbons (Fsp3) is 0.538. The standard InChI is InChI=1S/C13H18FNO3S/c1-9(11-4-5-11)15(2)19(17,18)13-7-10(8-16)3-6-12(13)14/h3,6-7,9,11,16H,4-5,8H2,1-2H3. The Kier molecular flexibility index (Phi) is 3.94. The Labute approximate surface area is 112 Å². The number of benzene rings is 1. The van der Waals surface area contributed by atoms with Gasteiger partial charge in [-0.2, -0.15) is 4.31 Å². The van der Waals surface area contributed by atoms with Gasteiger partial charge >= 0.3 is 0 Å². The zero-order chi connectivity index (χ0) is 14.2. The monoisotopic (exact) mass is 287 g/mol. The van der Waals surface area contributed by atoms with Crippen LogP contribution in [0.15, 0.2) is 23.1 Å². The van der Waals surface area contributed by atoms with Crippen molar-refractivity contribution in [2.75, 3.05) is 7.05 Å². The molecule has 1 aromatic carbocycles. The van der Waals surface area contributed by atoms with Gasteiger partial charge in [-0.1, -0.05) is 6.07 Å². The highest BCUT2D eigenvalue weighted by atomic mass is 32.2. The van der Waals surface area contributed by atoms with Crippen LogP contribution in [-0.4, -0.2) is 30.9 Å². The molecule has 0 aliphatic heterocycles. The Bertz CT molecular complexity index is 569. The molecule has 1 aromatic rings. The maximum absolute atomic E-state index is 13.8. The second kappa shape index (κ2) is 5.19. The van der Waals surface area contributed by atoms with Gasteiger partial charge in [0.2, 0.25) is 10.0 Å². The Hall–Kier alpha value is -0.980. The molecule has 0 heterocycles. The highest BCUT2D eigenvalue weighted by molar-refractivity contribution is 7.89. The number of aliphatic hydroxyl groups excluding tert-OH is 1. The first-order valence-electron chi connectivity index (χ1n) is 6.25. The van der Waals surface area contributed by atoms with Crippen molar-refractivity contribution in [3.63, 3.8) is 0 Å². The molecule has 1 saturated carbocycles. The average Bonchev–Trinajstić information content (AvgIpc) is 3.21. The molecule has 106 valence electrons. The minimum Gasteiger partial charge on any atom is -0.392 e. The van der Waals surface area contributed by atoms with Crippen LogP contribution in [0.3, 0.4) is 0 Å². The molecule has 6 heteroatoms. The molecule has 19 heavy (non-hydrogen) atoms. The lowest BCUT2D eigenvalue weighted by Gasteiger charge is -2.24. The van der Waals surface area contributed by atoms with E-state index in [-0.39, 0.29) is 17.5 Å². The summed E-state index contributed by atoms with van der Waals surface area (Å²) in [4.78, 5) is -0.367. The molecule has 1 aliphatic carbocycles. The lowest BCUT2D eigenvalue weighted by atomic mass is 10.2. The summed E-state index contributed by atoms with van der Waals surface area (Å²) in [6.45, 7) is 1.52. The van der Waals surface area contributed by atoms with E-state index in [1.165, 1.54) is 23.5 Å². The quantitative estimate of drug-likeness (QED) is 0.897. The number of hydrogen-bond donors (Lipinski definition) is 1. The van der Waals surface area contributed by atoms with Gasteiger partial charge in [-0.3, -0.25) is 0 Å². The predicted molar refractivity (Wildman–Crippen MR) is 69.5 cm³/mol. The summed E-state index contributed by atoms with van der Waals surface area (Å²) in [6, 6.07) is 3.51. The van der Waals surface area contributed by atoms with Gasteiger partial charge in [-0.15, -0.1) is 0 Å². The normalized spacial score (nSPS) is 17.7. The Morgan fingerprint density at radius 1 is 1.47 bits per heavy atom. The van der Waals surface area contributed by atoms with E-state index in [0.29, 0.717) is 11.5 Å². The molecule has 0 saturated heterocycles. The molecule has 0 spiro atoms. The molecule has 0 radical (unpaired) electrons. The van der Waals surface area contributed by atoms with Crippen molar-refractivity contribution in [1.82, 2.24) is 4.31 Å². The van der Waals surface area contributed by atoms with Gasteiger partial charge in [-0.25, -0.2) is 12.8 Å². The van der Waals surface area contributed by atoms with E-state index >= 15 is 0 Å². The summed E-state index contributed by atoms with van der Waals surface area (Å²) in [5.41, 5.74) is 0.382. The van der Waals surface area contributed by atoms with E-state index in [1.807, 2.05) is 6.92 Å². The molecule has 0 aromatic heterocycles. The van der Waals surface area contributed by atoms with Crippen molar-refractivity contribution in [3.8, 4) is 0 Å². The molecule has 1 N–H and O–H groups in total. The summed E-state index contributed by atoms with van der Waals surface area (Å²) in [7, 11) is -2.38. The minimum absolute atomic E-state index is 0.137. The second-order valence-electron chi connectivity index (χ2n) is 5.02. The van der Waals surface area contributed by atoms with Crippen LogP contribution < -0.4 is 0 Å². The van der Waals surface area contributed by atoms with E-state index < -0.39 is 15.8 Å². The third-order valence-electron chi connectivity index (χ3n) is 3.71. The largest absolute Gasteiger partial charge is 0.392 e. The molecule has 1 fully saturated rings. The molecule has 4 nitrogen and oxygen atoms in total. The molecule has 0 bridgehead atoms. The number of rotatable bonds is 5. The second-order valence-corrected chi connectivity index (χ2v) is 6.99. The van der Waals surface area contributed by atoms with Gasteiger partial charge in [0.1, 0.15) is 10.7 Å². The van der Waals surface area contributed by atoms with Gasteiger partial charge in [0.15, 0.2) is 0 Å². The molecule has 1 unspecified atom stereocenters. The topological polar surface area (TPSA) is 57.6 Å². The van der Waals surface area contributed by atoms with Gasteiger partial charge < -0.3 is 5.11 Å². The Morgan fingerprint density at radius 2 is 2.11 bits per heavy atom. The number of aliphatic hydroxyl groups is 1. The molecule has 1 aliphatic rings. The van der Waals surface area contributed by atoms with Crippen LogP contribution in [0.25, 0.3) is 0 Å². The number of halogens is 1. The highest BCUT2D eigenvalue weighted by Gasteiger charge is 2.37. The predicted octanol–water partition coefficient (Wildman–Crippen LogP) is 1.74. The molecular formula is C13H18FNO3S. The van der Waals surface area contributed by atoms with E-state index in [2.05, 4.69) is 0 Å². The SMILES string of the molecule is CC(C1CC1)N(C)S(=O)(=O)c1cc(CO)ccc1F. The number of sulfonamides is 1. The summed E-state index contributed by atoms with van der Waals surface area (Å²) in [6.07, 6.45) is 2.03. The van der Waals surface area contributed by atoms with Crippen molar-refractivity contribution in [1.29, 1.82) is 0 Å². The lowest BCUT2D eigenvalue weighted by molar-refractivity contribution is 0.281. The van der Waals surface area contributed by atoms with Crippen LogP contribution in [0, 0.1) is 11.7 Å². The first-order chi connectivity index (χ1) is 8.87. The zero-order valence-electron chi connectivity index (χ0n) is 11.0. The number of hydrogen-bond acceptors (Lipinski definition) is 3. The number of nitrogens with zero attached hydrogens (tertiary/aromatic N) is 1. The van der Waals surface area contributed by atoms with Crippen molar-refractivity contribution in [2.24, 2.45) is 5.92 Å². The van der Waals surface area contributed by atoms with Crippen molar-refractivity contribution >= 4 is 10.0 Å². The van der Waals surface area contributed by atoms with Gasteiger partial charge in [0.05, 0.1) is 6.61 Å². The summed E-state index contributed by atoms with van der Waals surface area (Å²) < 4.78 is 39.8. The summed E-state index contributed by atoms with van der Waals surface area (Å²) in [5, 5.41) is 9.03. The maximum Gasteiger partial charge on any atom is 0.245 e.